The minimum Gasteiger partial charge on any atom is -0.335 e. The number of rotatable bonds is 3. The Hall–Kier alpha value is -0.920. The van der Waals surface area contributed by atoms with Gasteiger partial charge in [-0.25, -0.2) is 13.4 Å². The van der Waals surface area contributed by atoms with Crippen molar-refractivity contribution in [2.75, 3.05) is 19.6 Å². The molecule has 0 radical (unpaired) electrons. The second-order valence-corrected chi connectivity index (χ2v) is 7.21. The van der Waals surface area contributed by atoms with E-state index >= 15 is 0 Å². The standard InChI is InChI=1S/C12H20N4O2S/c17-19(18,12-8-14-9-15-12)16-6-2-4-11(16)10-3-1-5-13-7-10/h8-11,13H,1-7H2,(H,14,15). The number of aromatic nitrogens is 2. The fraction of sp³-hybridized carbons (Fsp3) is 0.750. The van der Waals surface area contributed by atoms with E-state index in [4.69, 9.17) is 0 Å². The maximum absolute atomic E-state index is 12.6. The lowest BCUT2D eigenvalue weighted by Gasteiger charge is -2.33. The first-order valence-electron chi connectivity index (χ1n) is 6.90. The van der Waals surface area contributed by atoms with Crippen molar-refractivity contribution in [3.63, 3.8) is 0 Å². The number of nitrogens with one attached hydrogen (secondary N) is 2. The van der Waals surface area contributed by atoms with E-state index in [0.717, 1.165) is 38.8 Å². The van der Waals surface area contributed by atoms with Crippen LogP contribution in [0.15, 0.2) is 17.6 Å². The van der Waals surface area contributed by atoms with Crippen molar-refractivity contribution in [2.24, 2.45) is 5.92 Å². The molecule has 1 aromatic heterocycles. The summed E-state index contributed by atoms with van der Waals surface area (Å²) in [6, 6.07) is 0.140. The quantitative estimate of drug-likeness (QED) is 0.850. The summed E-state index contributed by atoms with van der Waals surface area (Å²) < 4.78 is 26.8. The smallest absolute Gasteiger partial charge is 0.260 e. The van der Waals surface area contributed by atoms with Crippen LogP contribution in [0.4, 0.5) is 0 Å². The van der Waals surface area contributed by atoms with E-state index in [1.165, 1.54) is 12.5 Å². The fourth-order valence-electron chi connectivity index (χ4n) is 3.25. The number of hydrogen-bond donors (Lipinski definition) is 2. The van der Waals surface area contributed by atoms with Crippen molar-refractivity contribution in [3.8, 4) is 0 Å². The lowest BCUT2D eigenvalue weighted by atomic mass is 9.91. The zero-order valence-electron chi connectivity index (χ0n) is 10.9. The zero-order chi connectivity index (χ0) is 13.3. The molecule has 2 aliphatic rings. The van der Waals surface area contributed by atoms with Gasteiger partial charge in [0.05, 0.1) is 12.5 Å². The molecule has 0 saturated carbocycles. The average molecular weight is 284 g/mol. The largest absolute Gasteiger partial charge is 0.335 e. The molecular weight excluding hydrogens is 264 g/mol. The summed E-state index contributed by atoms with van der Waals surface area (Å²) in [5, 5.41) is 3.59. The molecule has 2 unspecified atom stereocenters. The van der Waals surface area contributed by atoms with Gasteiger partial charge in [-0.1, -0.05) is 0 Å². The van der Waals surface area contributed by atoms with Crippen LogP contribution in [0.1, 0.15) is 25.7 Å². The van der Waals surface area contributed by atoms with E-state index in [-0.39, 0.29) is 11.1 Å². The van der Waals surface area contributed by atoms with Crippen LogP contribution in [0.5, 0.6) is 0 Å². The Balaban J connectivity index is 1.83. The Morgan fingerprint density at radius 1 is 1.32 bits per heavy atom. The molecule has 0 aliphatic carbocycles. The Morgan fingerprint density at radius 2 is 2.21 bits per heavy atom. The van der Waals surface area contributed by atoms with Gasteiger partial charge in [-0.2, -0.15) is 4.31 Å². The average Bonchev–Trinajstić information content (AvgIpc) is 3.11. The highest BCUT2D eigenvalue weighted by Crippen LogP contribution is 2.32. The van der Waals surface area contributed by atoms with Gasteiger partial charge in [-0.15, -0.1) is 0 Å². The molecule has 19 heavy (non-hydrogen) atoms. The van der Waals surface area contributed by atoms with Crippen LogP contribution in [0, 0.1) is 5.92 Å². The second-order valence-electron chi connectivity index (χ2n) is 5.35. The predicted octanol–water partition coefficient (Wildman–Crippen LogP) is 0.562. The van der Waals surface area contributed by atoms with Crippen molar-refractivity contribution < 1.29 is 8.42 Å². The molecule has 2 aliphatic heterocycles. The Morgan fingerprint density at radius 3 is 2.89 bits per heavy atom. The second kappa shape index (κ2) is 5.22. The molecular formula is C12H20N4O2S. The summed E-state index contributed by atoms with van der Waals surface area (Å²) in [6.45, 7) is 2.61. The van der Waals surface area contributed by atoms with Gasteiger partial charge in [0.1, 0.15) is 0 Å². The van der Waals surface area contributed by atoms with Crippen LogP contribution < -0.4 is 5.32 Å². The summed E-state index contributed by atoms with van der Waals surface area (Å²) in [7, 11) is -3.41. The third kappa shape index (κ3) is 2.42. The number of hydrogen-bond acceptors (Lipinski definition) is 4. The number of sulfonamides is 1. The topological polar surface area (TPSA) is 78.1 Å². The third-order valence-corrected chi connectivity index (χ3v) is 6.04. The maximum Gasteiger partial charge on any atom is 0.260 e. The van der Waals surface area contributed by atoms with Gasteiger partial charge < -0.3 is 10.3 Å². The molecule has 7 heteroatoms. The molecule has 106 valence electrons. The monoisotopic (exact) mass is 284 g/mol. The van der Waals surface area contributed by atoms with Gasteiger partial charge in [0.2, 0.25) is 0 Å². The van der Waals surface area contributed by atoms with Crippen LogP contribution >= 0.6 is 0 Å². The minimum atomic E-state index is -3.41. The van der Waals surface area contributed by atoms with Crippen LogP contribution in [0.2, 0.25) is 0 Å². The summed E-state index contributed by atoms with van der Waals surface area (Å²) >= 11 is 0. The van der Waals surface area contributed by atoms with E-state index in [1.807, 2.05) is 0 Å². The number of piperidine rings is 1. The Bertz CT molecular complexity index is 508. The number of imidazole rings is 1. The number of H-pyrrole nitrogens is 1. The minimum absolute atomic E-state index is 0.140. The molecule has 0 bridgehead atoms. The van der Waals surface area contributed by atoms with E-state index in [9.17, 15) is 8.42 Å². The molecule has 2 N–H and O–H groups in total. The number of aromatic amines is 1. The van der Waals surface area contributed by atoms with E-state index in [0.29, 0.717) is 12.5 Å². The van der Waals surface area contributed by atoms with E-state index in [2.05, 4.69) is 15.3 Å². The maximum atomic E-state index is 12.6. The van der Waals surface area contributed by atoms with Crippen molar-refractivity contribution >= 4 is 10.0 Å². The SMILES string of the molecule is O=S(=O)(c1cnc[nH]1)N1CCCC1C1CCCNC1. The molecule has 2 fully saturated rings. The van der Waals surface area contributed by atoms with Gasteiger partial charge in [0.25, 0.3) is 10.0 Å². The van der Waals surface area contributed by atoms with Gasteiger partial charge in [0.15, 0.2) is 5.03 Å². The lowest BCUT2D eigenvalue weighted by Crippen LogP contribution is -2.45. The fourth-order valence-corrected chi connectivity index (χ4v) is 4.90. The Kier molecular flexibility index (Phi) is 3.60. The molecule has 0 spiro atoms. The molecule has 2 atom stereocenters. The lowest BCUT2D eigenvalue weighted by molar-refractivity contribution is 0.238. The normalized spacial score (nSPS) is 29.7. The van der Waals surface area contributed by atoms with Crippen molar-refractivity contribution in [3.05, 3.63) is 12.5 Å². The molecule has 1 aromatic rings. The van der Waals surface area contributed by atoms with E-state index in [1.54, 1.807) is 4.31 Å². The molecule has 0 amide bonds. The predicted molar refractivity (Wildman–Crippen MR) is 71.1 cm³/mol. The molecule has 3 rings (SSSR count). The van der Waals surface area contributed by atoms with Crippen LogP contribution in [0.3, 0.4) is 0 Å². The van der Waals surface area contributed by atoms with Gasteiger partial charge in [-0.3, -0.25) is 0 Å². The van der Waals surface area contributed by atoms with Crippen molar-refractivity contribution in [1.82, 2.24) is 19.6 Å². The summed E-state index contributed by atoms with van der Waals surface area (Å²) in [4.78, 5) is 6.55. The van der Waals surface area contributed by atoms with Crippen LogP contribution in [-0.2, 0) is 10.0 Å². The summed E-state index contributed by atoms with van der Waals surface area (Å²) in [6.07, 6.45) is 6.99. The third-order valence-electron chi connectivity index (χ3n) is 4.19. The van der Waals surface area contributed by atoms with Crippen LogP contribution in [0.25, 0.3) is 0 Å². The zero-order valence-corrected chi connectivity index (χ0v) is 11.7. The molecule has 0 aromatic carbocycles. The molecule has 2 saturated heterocycles. The van der Waals surface area contributed by atoms with Crippen molar-refractivity contribution in [2.45, 2.75) is 36.8 Å². The highest BCUT2D eigenvalue weighted by molar-refractivity contribution is 7.89. The van der Waals surface area contributed by atoms with Gasteiger partial charge in [-0.05, 0) is 44.7 Å². The first kappa shape index (κ1) is 13.1. The first-order chi connectivity index (χ1) is 9.19. The number of nitrogens with zero attached hydrogens (tertiary/aromatic N) is 2. The van der Waals surface area contributed by atoms with Gasteiger partial charge >= 0.3 is 0 Å². The van der Waals surface area contributed by atoms with E-state index < -0.39 is 10.0 Å². The summed E-state index contributed by atoms with van der Waals surface area (Å²) in [5.41, 5.74) is 0. The highest BCUT2D eigenvalue weighted by atomic mass is 32.2. The molecule has 6 nitrogen and oxygen atoms in total. The Labute approximate surface area is 113 Å². The molecule has 3 heterocycles. The highest BCUT2D eigenvalue weighted by Gasteiger charge is 2.40. The van der Waals surface area contributed by atoms with Crippen molar-refractivity contribution in [1.29, 1.82) is 0 Å². The van der Waals surface area contributed by atoms with Crippen LogP contribution in [-0.4, -0.2) is 48.4 Å². The summed E-state index contributed by atoms with van der Waals surface area (Å²) in [5.74, 6) is 0.439. The first-order valence-corrected chi connectivity index (χ1v) is 8.34. The van der Waals surface area contributed by atoms with Gasteiger partial charge in [0, 0.05) is 12.6 Å².